The van der Waals surface area contributed by atoms with Gasteiger partial charge in [0.25, 0.3) is 0 Å². The summed E-state index contributed by atoms with van der Waals surface area (Å²) in [6, 6.07) is 7.84. The first kappa shape index (κ1) is 20.6. The molecule has 9 heteroatoms. The monoisotopic (exact) mass is 430 g/mol. The van der Waals surface area contributed by atoms with Crippen LogP contribution < -0.4 is 10.1 Å². The molecule has 2 aromatic rings. The predicted molar refractivity (Wildman–Crippen MR) is 102 cm³/mol. The Kier molecular flexibility index (Phi) is 6.93. The lowest BCUT2D eigenvalue weighted by molar-refractivity contribution is -0.0357. The van der Waals surface area contributed by atoms with E-state index in [1.54, 1.807) is 23.1 Å². The highest BCUT2D eigenvalue weighted by Gasteiger charge is 2.25. The third-order valence-corrected chi connectivity index (χ3v) is 4.91. The molecule has 1 saturated heterocycles. The predicted octanol–water partition coefficient (Wildman–Crippen LogP) is 4.26. The number of hydrogen-bond acceptors (Lipinski definition) is 3. The van der Waals surface area contributed by atoms with Gasteiger partial charge in [0.15, 0.2) is 11.6 Å². The molecule has 1 heterocycles. The number of amides is 2. The van der Waals surface area contributed by atoms with Gasteiger partial charge >= 0.3 is 6.03 Å². The van der Waals surface area contributed by atoms with E-state index >= 15 is 0 Å². The standard InChI is InChI=1S/C19H18Cl2F2N2O3/c20-15-3-1-12(7-16(15)21)9-24-19(26)25-5-6-27-14(10-25)11-28-18-8-13(22)2-4-17(18)23/h1-4,7-8,14H,5-6,9-11H2,(H,24,26). The molecular formula is C19H18Cl2F2N2O3. The van der Waals surface area contributed by atoms with E-state index in [4.69, 9.17) is 32.7 Å². The van der Waals surface area contributed by atoms with E-state index in [2.05, 4.69) is 5.32 Å². The molecule has 5 nitrogen and oxygen atoms in total. The van der Waals surface area contributed by atoms with Crippen molar-refractivity contribution < 1.29 is 23.0 Å². The number of nitrogens with zero attached hydrogens (tertiary/aromatic N) is 1. The number of carbonyl (C=O) groups excluding carboxylic acids is 1. The molecule has 0 bridgehead atoms. The van der Waals surface area contributed by atoms with Crippen molar-refractivity contribution in [3.05, 3.63) is 63.6 Å². The van der Waals surface area contributed by atoms with Crippen LogP contribution in [0.1, 0.15) is 5.56 Å². The molecule has 0 spiro atoms. The van der Waals surface area contributed by atoms with Crippen molar-refractivity contribution in [2.75, 3.05) is 26.3 Å². The van der Waals surface area contributed by atoms with E-state index in [0.29, 0.717) is 29.7 Å². The average Bonchev–Trinajstić information content (AvgIpc) is 2.69. The Morgan fingerprint density at radius 2 is 2.04 bits per heavy atom. The minimum atomic E-state index is -0.659. The zero-order valence-electron chi connectivity index (χ0n) is 14.8. The lowest BCUT2D eigenvalue weighted by atomic mass is 10.2. The van der Waals surface area contributed by atoms with Crippen LogP contribution in [-0.2, 0) is 11.3 Å². The van der Waals surface area contributed by atoms with Crippen molar-refractivity contribution in [2.45, 2.75) is 12.6 Å². The average molecular weight is 431 g/mol. The van der Waals surface area contributed by atoms with E-state index in [0.717, 1.165) is 23.8 Å². The second-order valence-electron chi connectivity index (χ2n) is 6.23. The quantitative estimate of drug-likeness (QED) is 0.770. The van der Waals surface area contributed by atoms with Crippen molar-refractivity contribution in [3.63, 3.8) is 0 Å². The third-order valence-electron chi connectivity index (χ3n) is 4.17. The molecule has 1 aliphatic rings. The Morgan fingerprint density at radius 3 is 2.82 bits per heavy atom. The molecule has 1 N–H and O–H groups in total. The molecule has 3 rings (SSSR count). The number of urea groups is 1. The Bertz CT molecular complexity index is 854. The smallest absolute Gasteiger partial charge is 0.317 e. The van der Waals surface area contributed by atoms with Crippen LogP contribution in [0.4, 0.5) is 13.6 Å². The van der Waals surface area contributed by atoms with Gasteiger partial charge in [-0.2, -0.15) is 0 Å². The molecule has 2 amide bonds. The van der Waals surface area contributed by atoms with Crippen LogP contribution in [0.25, 0.3) is 0 Å². The summed E-state index contributed by atoms with van der Waals surface area (Å²) in [5, 5.41) is 3.67. The fraction of sp³-hybridized carbons (Fsp3) is 0.316. The SMILES string of the molecule is O=C(NCc1ccc(Cl)c(Cl)c1)N1CCOC(COc2cc(F)ccc2F)C1. The largest absolute Gasteiger partial charge is 0.488 e. The maximum absolute atomic E-state index is 13.6. The van der Waals surface area contributed by atoms with E-state index in [9.17, 15) is 13.6 Å². The molecular weight excluding hydrogens is 413 g/mol. The van der Waals surface area contributed by atoms with Crippen LogP contribution in [0.15, 0.2) is 36.4 Å². The summed E-state index contributed by atoms with van der Waals surface area (Å²) in [5.41, 5.74) is 0.817. The Morgan fingerprint density at radius 1 is 1.21 bits per heavy atom. The summed E-state index contributed by atoms with van der Waals surface area (Å²) >= 11 is 11.8. The molecule has 28 heavy (non-hydrogen) atoms. The van der Waals surface area contributed by atoms with Gasteiger partial charge in [0.1, 0.15) is 18.5 Å². The minimum absolute atomic E-state index is 0.00303. The number of carbonyl (C=O) groups is 1. The van der Waals surface area contributed by atoms with Gasteiger partial charge in [0.2, 0.25) is 0 Å². The lowest BCUT2D eigenvalue weighted by Crippen LogP contribution is -2.50. The van der Waals surface area contributed by atoms with E-state index in [1.165, 1.54) is 0 Å². The molecule has 2 aromatic carbocycles. The molecule has 1 atom stereocenters. The molecule has 1 unspecified atom stereocenters. The number of rotatable bonds is 5. The third kappa shape index (κ3) is 5.47. The topological polar surface area (TPSA) is 50.8 Å². The normalized spacial score (nSPS) is 16.7. The summed E-state index contributed by atoms with van der Waals surface area (Å²) in [4.78, 5) is 14.0. The maximum Gasteiger partial charge on any atom is 0.317 e. The molecule has 1 aliphatic heterocycles. The zero-order valence-corrected chi connectivity index (χ0v) is 16.3. The number of nitrogens with one attached hydrogen (secondary N) is 1. The van der Waals surface area contributed by atoms with Crippen LogP contribution in [0, 0.1) is 11.6 Å². The summed E-state index contributed by atoms with van der Waals surface area (Å²) in [6.07, 6.45) is -0.452. The number of morpholine rings is 1. The van der Waals surface area contributed by atoms with Gasteiger partial charge < -0.3 is 19.7 Å². The van der Waals surface area contributed by atoms with Gasteiger partial charge in [-0.05, 0) is 29.8 Å². The van der Waals surface area contributed by atoms with Crippen LogP contribution in [0.2, 0.25) is 10.0 Å². The Balaban J connectivity index is 1.50. The minimum Gasteiger partial charge on any atom is -0.488 e. The van der Waals surface area contributed by atoms with Crippen LogP contribution in [0.3, 0.4) is 0 Å². The van der Waals surface area contributed by atoms with Gasteiger partial charge in [-0.25, -0.2) is 13.6 Å². The van der Waals surface area contributed by atoms with E-state index in [1.807, 2.05) is 0 Å². The van der Waals surface area contributed by atoms with Crippen molar-refractivity contribution in [1.29, 1.82) is 0 Å². The van der Waals surface area contributed by atoms with Crippen molar-refractivity contribution >= 4 is 29.2 Å². The molecule has 0 aliphatic carbocycles. The maximum atomic E-state index is 13.6. The summed E-state index contributed by atoms with van der Waals surface area (Å²) in [5.74, 6) is -1.44. The summed E-state index contributed by atoms with van der Waals surface area (Å²) < 4.78 is 37.7. The second-order valence-corrected chi connectivity index (χ2v) is 7.05. The van der Waals surface area contributed by atoms with Gasteiger partial charge in [-0.15, -0.1) is 0 Å². The Labute approximate surface area is 171 Å². The molecule has 0 aromatic heterocycles. The fourth-order valence-electron chi connectivity index (χ4n) is 2.71. The zero-order chi connectivity index (χ0) is 20.1. The van der Waals surface area contributed by atoms with Gasteiger partial charge in [-0.3, -0.25) is 0 Å². The van der Waals surface area contributed by atoms with E-state index < -0.39 is 17.7 Å². The summed E-state index contributed by atoms with van der Waals surface area (Å²) in [6.45, 7) is 1.29. The number of halogens is 4. The fourth-order valence-corrected chi connectivity index (χ4v) is 3.03. The highest BCUT2D eigenvalue weighted by Crippen LogP contribution is 2.22. The molecule has 0 saturated carbocycles. The van der Waals surface area contributed by atoms with Crippen molar-refractivity contribution in [1.82, 2.24) is 10.2 Å². The van der Waals surface area contributed by atoms with Gasteiger partial charge in [-0.1, -0.05) is 29.3 Å². The number of hydrogen-bond donors (Lipinski definition) is 1. The van der Waals surface area contributed by atoms with Crippen LogP contribution >= 0.6 is 23.2 Å². The number of ether oxygens (including phenoxy) is 2. The van der Waals surface area contributed by atoms with Gasteiger partial charge in [0.05, 0.1) is 23.2 Å². The van der Waals surface area contributed by atoms with Crippen molar-refractivity contribution in [3.8, 4) is 5.75 Å². The highest BCUT2D eigenvalue weighted by atomic mass is 35.5. The van der Waals surface area contributed by atoms with E-state index in [-0.39, 0.29) is 24.9 Å². The Hall–Kier alpha value is -2.09. The van der Waals surface area contributed by atoms with Gasteiger partial charge in [0, 0.05) is 19.2 Å². The summed E-state index contributed by atoms with van der Waals surface area (Å²) in [7, 11) is 0. The first-order valence-electron chi connectivity index (χ1n) is 8.58. The number of benzene rings is 2. The van der Waals surface area contributed by atoms with Crippen LogP contribution in [-0.4, -0.2) is 43.3 Å². The molecule has 0 radical (unpaired) electrons. The molecule has 150 valence electrons. The highest BCUT2D eigenvalue weighted by molar-refractivity contribution is 6.42. The first-order valence-corrected chi connectivity index (χ1v) is 9.34. The second kappa shape index (κ2) is 9.41. The van der Waals surface area contributed by atoms with Crippen LogP contribution in [0.5, 0.6) is 5.75 Å². The van der Waals surface area contributed by atoms with Crippen molar-refractivity contribution in [2.24, 2.45) is 0 Å². The molecule has 1 fully saturated rings. The lowest BCUT2D eigenvalue weighted by Gasteiger charge is -2.32. The first-order chi connectivity index (χ1) is 13.4.